The van der Waals surface area contributed by atoms with Crippen LogP contribution in [-0.4, -0.2) is 160 Å². The molecule has 64 heavy (non-hydrogen) atoms. The number of anilines is 2. The molecule has 4 aromatic rings. The van der Waals surface area contributed by atoms with E-state index in [1.165, 1.54) is 17.9 Å². The zero-order chi connectivity index (χ0) is 46.8. The number of hydrogen-bond donors (Lipinski definition) is 13. The number of nitrogens with zero attached hydrogens (tertiary/aromatic N) is 7. The number of nitrogen functional groups attached to an aromatic ring is 2. The van der Waals surface area contributed by atoms with E-state index < -0.39 is 129 Å². The first-order valence-corrected chi connectivity index (χ1v) is 25.0. The van der Waals surface area contributed by atoms with Crippen LogP contribution in [0.5, 0.6) is 0 Å². The number of nitrogens with one attached hydrogen (secondary N) is 1. The van der Waals surface area contributed by atoms with Gasteiger partial charge in [0.1, 0.15) is 73.0 Å². The molecule has 4 unspecified atom stereocenters. The van der Waals surface area contributed by atoms with Gasteiger partial charge in [0.25, 0.3) is 11.5 Å². The molecular weight excluding hydrogens is 974 g/mol. The number of ether oxygens (including phenoxy) is 3. The highest BCUT2D eigenvalue weighted by Crippen LogP contribution is 2.68. The second-order valence-electron chi connectivity index (χ2n) is 14.1. The Kier molecular flexibility index (Phi) is 14.0. The molecule has 7 heterocycles. The molecule has 4 aromatic heterocycles. The van der Waals surface area contributed by atoms with Crippen LogP contribution in [0.3, 0.4) is 0 Å². The summed E-state index contributed by atoms with van der Waals surface area (Å²) in [7, 11) is -15.2. The Morgan fingerprint density at radius 1 is 0.828 bits per heavy atom. The van der Waals surface area contributed by atoms with Crippen LogP contribution in [0.15, 0.2) is 23.8 Å². The van der Waals surface area contributed by atoms with Crippen molar-refractivity contribution in [3.8, 4) is 0 Å². The number of aliphatic hydroxyl groups is 5. The van der Waals surface area contributed by atoms with E-state index in [4.69, 9.17) is 49.5 Å². The van der Waals surface area contributed by atoms with E-state index >= 15 is 0 Å². The molecule has 33 nitrogen and oxygen atoms in total. The van der Waals surface area contributed by atoms with Crippen LogP contribution in [0, 0.1) is 0 Å². The van der Waals surface area contributed by atoms with Gasteiger partial charge in [-0.1, -0.05) is 4.98 Å². The summed E-state index contributed by atoms with van der Waals surface area (Å²) >= 11 is 4.63. The predicted molar refractivity (Wildman–Crippen MR) is 207 cm³/mol. The van der Waals surface area contributed by atoms with Gasteiger partial charge in [-0.05, 0) is 11.8 Å². The summed E-state index contributed by atoms with van der Waals surface area (Å²) in [5.41, 5.74) is 16.3. The molecule has 356 valence electrons. The highest BCUT2D eigenvalue weighted by molar-refractivity contribution is 8.09. The van der Waals surface area contributed by atoms with Gasteiger partial charge in [0.05, 0.1) is 33.2 Å². The molecule has 16 atom stereocenters. The SMILES string of the molecule is Cn1c[n+]([C@@H]2O[C@H](COP(=O)(O)OP(O)(=S)OP(=O)(O)OC[C@H]3O[C@@H](n4cnc5c(N)ncnc54)[C@H](O)[C@@H]3OP(=O)(O)OC[C@H]3O[C@@H](N)[C@H](O)[C@@H]3O)[C@@H](O)[C@H]2O)c2nc(N)[nH]c(=O)c21. The third kappa shape index (κ3) is 10.3. The maximum atomic E-state index is 13.1. The number of phosphoric acid groups is 3. The Morgan fingerprint density at radius 3 is 2.05 bits per heavy atom. The van der Waals surface area contributed by atoms with Crippen molar-refractivity contribution >= 4 is 76.1 Å². The highest BCUT2D eigenvalue weighted by Gasteiger charge is 2.52. The Balaban J connectivity index is 0.995. The number of aromatic nitrogens is 8. The summed E-state index contributed by atoms with van der Waals surface area (Å²) in [4.78, 5) is 72.6. The van der Waals surface area contributed by atoms with Gasteiger partial charge in [-0.15, -0.1) is 0 Å². The predicted octanol–water partition coefficient (Wildman–Crippen LogP) is -5.18. The van der Waals surface area contributed by atoms with Crippen LogP contribution in [-0.2, 0) is 73.5 Å². The maximum absolute atomic E-state index is 13.1. The number of H-pyrrole nitrogens is 1. The van der Waals surface area contributed by atoms with Crippen molar-refractivity contribution in [3.63, 3.8) is 0 Å². The molecule has 3 saturated heterocycles. The number of rotatable bonds is 17. The minimum atomic E-state index is -5.72. The second kappa shape index (κ2) is 18.3. The van der Waals surface area contributed by atoms with Crippen molar-refractivity contribution in [2.45, 2.75) is 73.6 Å². The van der Waals surface area contributed by atoms with E-state index in [2.05, 4.69) is 45.3 Å². The summed E-state index contributed by atoms with van der Waals surface area (Å²) in [6.45, 7) is -8.48. The molecule has 7 rings (SSSR count). The topological polar surface area (TPSA) is 493 Å². The first-order chi connectivity index (χ1) is 29.8. The van der Waals surface area contributed by atoms with Gasteiger partial charge in [0.2, 0.25) is 11.7 Å². The Morgan fingerprint density at radius 2 is 1.42 bits per heavy atom. The number of fused-ring (bicyclic) bond motifs is 2. The van der Waals surface area contributed by atoms with E-state index in [1.54, 1.807) is 0 Å². The molecule has 0 saturated carbocycles. The zero-order valence-corrected chi connectivity index (χ0v) is 36.6. The largest absolute Gasteiger partial charge is 0.479 e. The van der Waals surface area contributed by atoms with Crippen LogP contribution in [0.25, 0.3) is 22.3 Å². The molecule has 0 aromatic carbocycles. The Hall–Kier alpha value is -2.92. The fourth-order valence-electron chi connectivity index (χ4n) is 6.75. The average molecular weight is 1010 g/mol. The molecule has 38 heteroatoms. The molecule has 0 radical (unpaired) electrons. The number of phosphoric ester groups is 3. The second-order valence-corrected chi connectivity index (χ2v) is 21.5. The molecule has 3 aliphatic rings. The molecule has 0 amide bonds. The zero-order valence-electron chi connectivity index (χ0n) is 32.2. The first kappa shape index (κ1) is 49.0. The lowest BCUT2D eigenvalue weighted by Gasteiger charge is -2.25. The number of nitrogens with two attached hydrogens (primary N) is 3. The van der Waals surface area contributed by atoms with Crippen LogP contribution < -0.4 is 27.3 Å². The average Bonchev–Trinajstić information content (AvgIpc) is 3.97. The van der Waals surface area contributed by atoms with Crippen molar-refractivity contribution in [1.82, 2.24) is 34.1 Å². The third-order valence-electron chi connectivity index (χ3n) is 9.64. The van der Waals surface area contributed by atoms with Crippen molar-refractivity contribution in [1.29, 1.82) is 0 Å². The number of aryl methyl sites for hydroxylation is 1. The lowest BCUT2D eigenvalue weighted by molar-refractivity contribution is -0.745. The molecule has 3 aliphatic heterocycles. The van der Waals surface area contributed by atoms with Gasteiger partial charge >= 0.3 is 35.8 Å². The lowest BCUT2D eigenvalue weighted by atomic mass is 10.1. The summed E-state index contributed by atoms with van der Waals surface area (Å²) in [6.07, 6.45) is -16.7. The van der Waals surface area contributed by atoms with E-state index in [-0.39, 0.29) is 34.1 Å². The smallest absolute Gasteiger partial charge is 0.387 e. The summed E-state index contributed by atoms with van der Waals surface area (Å²) < 4.78 is 87.7. The molecule has 0 aliphatic carbocycles. The third-order valence-corrected chi connectivity index (χ3v) is 16.1. The van der Waals surface area contributed by atoms with Crippen molar-refractivity contribution < 1.29 is 104 Å². The summed E-state index contributed by atoms with van der Waals surface area (Å²) in [6, 6.07) is 0. The van der Waals surface area contributed by atoms with Gasteiger partial charge < -0.3 is 76.5 Å². The minimum Gasteiger partial charge on any atom is -0.387 e. The number of imidazole rings is 2. The van der Waals surface area contributed by atoms with E-state index in [9.17, 15) is 63.6 Å². The molecule has 0 bridgehead atoms. The normalized spacial score (nSPS) is 33.6. The maximum Gasteiger partial charge on any atom is 0.479 e. The fraction of sp³-hybridized carbons (Fsp3) is 0.615. The van der Waals surface area contributed by atoms with E-state index in [0.29, 0.717) is 0 Å². The van der Waals surface area contributed by atoms with Crippen molar-refractivity contribution in [3.05, 3.63) is 29.3 Å². The fourth-order valence-corrected chi connectivity index (χ4v) is 12.7. The minimum absolute atomic E-state index is 0.00397. The Labute approximate surface area is 360 Å². The van der Waals surface area contributed by atoms with E-state index in [1.807, 2.05) is 0 Å². The molecule has 16 N–H and O–H groups in total. The molecular formula is C26H40N11O22P4S+. The van der Waals surface area contributed by atoms with Gasteiger partial charge in [-0.3, -0.25) is 37.0 Å². The van der Waals surface area contributed by atoms with Crippen LogP contribution in [0.2, 0.25) is 0 Å². The number of aliphatic hydroxyl groups excluding tert-OH is 5. The van der Waals surface area contributed by atoms with E-state index in [0.717, 1.165) is 21.8 Å². The van der Waals surface area contributed by atoms with Crippen LogP contribution >= 0.6 is 30.2 Å². The van der Waals surface area contributed by atoms with Crippen molar-refractivity contribution in [2.24, 2.45) is 12.8 Å². The van der Waals surface area contributed by atoms with Gasteiger partial charge in [-0.2, -0.15) is 0 Å². The quantitative estimate of drug-likeness (QED) is 0.0347. The first-order valence-electron chi connectivity index (χ1n) is 17.9. The van der Waals surface area contributed by atoms with Gasteiger partial charge in [-0.25, -0.2) is 41.8 Å². The van der Waals surface area contributed by atoms with Gasteiger partial charge in [0, 0.05) is 0 Å². The molecule has 3 fully saturated rings. The van der Waals surface area contributed by atoms with Crippen LogP contribution in [0.1, 0.15) is 12.5 Å². The Bertz CT molecular complexity index is 2640. The number of hydrogen-bond acceptors (Lipinski definition) is 26. The lowest BCUT2D eigenvalue weighted by Crippen LogP contribution is -2.46. The number of aromatic amines is 1. The standard InChI is InChI=1S/C26H39N11O22P4S/c1-35-7-37(22-12(35)23(43)34-26(29)33-22)24-16(41)14(39)9(55-24)3-52-61(46,47)58-63(50,64)59-62(48,49)53-4-10-18(57-60(44,45)51-2-8-13(38)15(40)20(28)54-8)17(42)25(56-10)36-6-32-11-19(27)30-5-31-21(11)36/h5-10,13-18,20,24-25,38-42H,2-4,28H2,1H3,(H8-,27,29,30,31,33,34,43,44,45,46,47,48,49,50,64)/p+1/t8-,9-,10-,13-,14-,15-,16-,17-,18-,20-,24-,25-,63?/m1/s1. The molecule has 0 spiro atoms. The highest BCUT2D eigenvalue weighted by atomic mass is 32.5. The summed E-state index contributed by atoms with van der Waals surface area (Å²) in [5, 5.41) is 52.6. The summed E-state index contributed by atoms with van der Waals surface area (Å²) in [5.74, 6) is -0.377. The van der Waals surface area contributed by atoms with Gasteiger partial charge in [0.15, 0.2) is 24.0 Å². The monoisotopic (exact) mass is 1010 g/mol. The van der Waals surface area contributed by atoms with Crippen molar-refractivity contribution in [2.75, 3.05) is 31.3 Å². The van der Waals surface area contributed by atoms with Crippen LogP contribution in [0.4, 0.5) is 11.8 Å².